The monoisotopic (exact) mass is 695 g/mol. The molecule has 0 aromatic heterocycles. The van der Waals surface area contributed by atoms with Gasteiger partial charge in [-0.25, -0.2) is 0 Å². The van der Waals surface area contributed by atoms with Crippen LogP contribution in [0.4, 0.5) is 24.5 Å². The molecule has 2 unspecified atom stereocenters. The van der Waals surface area contributed by atoms with Crippen molar-refractivity contribution in [2.75, 3.05) is 66.1 Å². The third-order valence-corrected chi connectivity index (χ3v) is 6.69. The van der Waals surface area contributed by atoms with Gasteiger partial charge in [-0.15, -0.1) is 6.42 Å². The van der Waals surface area contributed by atoms with E-state index in [-0.39, 0.29) is 25.2 Å². The van der Waals surface area contributed by atoms with Crippen LogP contribution in [0.2, 0.25) is 0 Å². The predicted molar refractivity (Wildman–Crippen MR) is 180 cm³/mol. The summed E-state index contributed by atoms with van der Waals surface area (Å²) in [5, 5.41) is 20.5. The summed E-state index contributed by atoms with van der Waals surface area (Å²) in [6.07, 6.45) is -2.76. The van der Waals surface area contributed by atoms with E-state index in [2.05, 4.69) is 33.3 Å². The number of nitrogens with zero attached hydrogens (tertiary/aromatic N) is 2. The van der Waals surface area contributed by atoms with Gasteiger partial charge in [0.25, 0.3) is 5.91 Å². The standard InChI is InChI=1S/C37H40F3N3O7/c1-2-18-46-20-22-48-24-26-50-27-25-49-23-21-47-19-6-9-29-10-14-32(15-11-29)42-43-33-16-12-31(13-17-33)36(45)41-34(35(44)37(38,39)40)28-30-7-4-3-5-8-30/h1,3-5,7-8,10-17,34-35,44H,18-28H2,(H,41,45). The van der Waals surface area contributed by atoms with Crippen molar-refractivity contribution in [3.8, 4) is 24.2 Å². The molecule has 10 nitrogen and oxygen atoms in total. The Bertz CT molecular complexity index is 1540. The molecular formula is C37H40F3N3O7. The lowest BCUT2D eigenvalue weighted by atomic mass is 10.00. The molecule has 50 heavy (non-hydrogen) atoms. The smallest absolute Gasteiger partial charge is 0.382 e. The molecule has 0 saturated carbocycles. The van der Waals surface area contributed by atoms with Gasteiger partial charge in [-0.05, 0) is 60.5 Å². The first-order chi connectivity index (χ1) is 24.3. The lowest BCUT2D eigenvalue weighted by Crippen LogP contribution is -2.51. The predicted octanol–water partition coefficient (Wildman–Crippen LogP) is 5.43. The van der Waals surface area contributed by atoms with Gasteiger partial charge in [-0.3, -0.25) is 4.79 Å². The first-order valence-corrected chi connectivity index (χ1v) is 15.8. The van der Waals surface area contributed by atoms with E-state index < -0.39 is 24.2 Å². The summed E-state index contributed by atoms with van der Waals surface area (Å²) < 4.78 is 66.6. The summed E-state index contributed by atoms with van der Waals surface area (Å²) in [6, 6.07) is 19.7. The highest BCUT2D eigenvalue weighted by Gasteiger charge is 2.44. The molecule has 3 rings (SSSR count). The lowest BCUT2D eigenvalue weighted by molar-refractivity contribution is -0.211. The van der Waals surface area contributed by atoms with Gasteiger partial charge < -0.3 is 34.1 Å². The SMILES string of the molecule is C#CCOCCOCCOCCOCCOCC#Cc1ccc(N=Nc2ccc(C(=O)NC(Cc3ccccc3)C(O)C(F)(F)F)cc2)cc1. The molecule has 0 spiro atoms. The maximum atomic E-state index is 13.3. The first kappa shape index (κ1) is 39.8. The average Bonchev–Trinajstić information content (AvgIpc) is 3.12. The van der Waals surface area contributed by atoms with Gasteiger partial charge in [0.15, 0.2) is 6.10 Å². The van der Waals surface area contributed by atoms with Crippen molar-refractivity contribution in [1.29, 1.82) is 0 Å². The number of benzene rings is 3. The molecule has 0 aliphatic rings. The highest BCUT2D eigenvalue weighted by atomic mass is 19.4. The number of hydrogen-bond donors (Lipinski definition) is 2. The third-order valence-electron chi connectivity index (χ3n) is 6.69. The van der Waals surface area contributed by atoms with Gasteiger partial charge in [-0.2, -0.15) is 23.4 Å². The maximum absolute atomic E-state index is 13.3. The number of hydrogen-bond acceptors (Lipinski definition) is 9. The van der Waals surface area contributed by atoms with Gasteiger partial charge in [0.1, 0.15) is 13.2 Å². The van der Waals surface area contributed by atoms with E-state index in [1.807, 2.05) is 0 Å². The van der Waals surface area contributed by atoms with Crippen molar-refractivity contribution >= 4 is 17.3 Å². The number of amides is 1. The molecule has 0 saturated heterocycles. The van der Waals surface area contributed by atoms with E-state index in [0.29, 0.717) is 69.8 Å². The normalized spacial score (nSPS) is 12.5. The molecular weight excluding hydrogens is 655 g/mol. The summed E-state index contributed by atoms with van der Waals surface area (Å²) >= 11 is 0. The van der Waals surface area contributed by atoms with Gasteiger partial charge in [0.05, 0.1) is 70.3 Å². The van der Waals surface area contributed by atoms with Crippen LogP contribution >= 0.6 is 0 Å². The Kier molecular flexibility index (Phi) is 18.3. The van der Waals surface area contributed by atoms with Crippen molar-refractivity contribution in [1.82, 2.24) is 5.32 Å². The summed E-state index contributed by atoms with van der Waals surface area (Å²) in [4.78, 5) is 12.8. The third kappa shape index (κ3) is 16.2. The van der Waals surface area contributed by atoms with Crippen molar-refractivity contribution in [3.05, 3.63) is 95.6 Å². The zero-order valence-electron chi connectivity index (χ0n) is 27.4. The molecule has 3 aromatic carbocycles. The van der Waals surface area contributed by atoms with Gasteiger partial charge in [0.2, 0.25) is 0 Å². The molecule has 0 radical (unpaired) electrons. The zero-order chi connectivity index (χ0) is 35.9. The molecule has 2 N–H and O–H groups in total. The maximum Gasteiger partial charge on any atom is 0.416 e. The second-order valence-corrected chi connectivity index (χ2v) is 10.5. The van der Waals surface area contributed by atoms with Crippen LogP contribution in [0.25, 0.3) is 0 Å². The van der Waals surface area contributed by atoms with Crippen LogP contribution in [0.15, 0.2) is 89.1 Å². The molecule has 0 fully saturated rings. The van der Waals surface area contributed by atoms with Crippen LogP contribution in [0.3, 0.4) is 0 Å². The Balaban J connectivity index is 1.33. The average molecular weight is 696 g/mol. The fourth-order valence-corrected chi connectivity index (χ4v) is 4.17. The molecule has 0 aliphatic heterocycles. The van der Waals surface area contributed by atoms with E-state index in [1.165, 1.54) is 24.3 Å². The highest BCUT2D eigenvalue weighted by Crippen LogP contribution is 2.25. The van der Waals surface area contributed by atoms with E-state index in [0.717, 1.165) is 5.56 Å². The first-order valence-electron chi connectivity index (χ1n) is 15.8. The quantitative estimate of drug-likeness (QED) is 0.0867. The highest BCUT2D eigenvalue weighted by molar-refractivity contribution is 5.94. The Morgan fingerprint density at radius 2 is 1.24 bits per heavy atom. The van der Waals surface area contributed by atoms with Crippen LogP contribution in [-0.2, 0) is 30.1 Å². The second kappa shape index (κ2) is 22.9. The number of halogens is 3. The number of carbonyl (C=O) groups excluding carboxylic acids is 1. The number of alkyl halides is 3. The van der Waals surface area contributed by atoms with Crippen LogP contribution < -0.4 is 5.32 Å². The summed E-state index contributed by atoms with van der Waals surface area (Å²) in [6.45, 7) is 4.11. The van der Waals surface area contributed by atoms with Crippen molar-refractivity contribution < 1.29 is 46.8 Å². The number of aliphatic hydroxyl groups excluding tert-OH is 1. The summed E-state index contributed by atoms with van der Waals surface area (Å²) in [5.41, 5.74) is 2.41. The van der Waals surface area contributed by atoms with E-state index in [9.17, 15) is 23.1 Å². The fourth-order valence-electron chi connectivity index (χ4n) is 4.17. The van der Waals surface area contributed by atoms with E-state index in [4.69, 9.17) is 30.1 Å². The number of nitrogens with one attached hydrogen (secondary N) is 1. The zero-order valence-corrected chi connectivity index (χ0v) is 27.4. The van der Waals surface area contributed by atoms with Crippen molar-refractivity contribution in [3.63, 3.8) is 0 Å². The number of aliphatic hydroxyl groups is 1. The van der Waals surface area contributed by atoms with Gasteiger partial charge >= 0.3 is 6.18 Å². The lowest BCUT2D eigenvalue weighted by Gasteiger charge is -2.26. The van der Waals surface area contributed by atoms with Crippen LogP contribution in [0, 0.1) is 24.2 Å². The minimum absolute atomic E-state index is 0.110. The van der Waals surface area contributed by atoms with E-state index >= 15 is 0 Å². The minimum atomic E-state index is -4.90. The molecule has 3 aromatic rings. The topological polar surface area (TPSA) is 120 Å². The van der Waals surface area contributed by atoms with Crippen molar-refractivity contribution in [2.45, 2.75) is 24.7 Å². The van der Waals surface area contributed by atoms with E-state index in [1.54, 1.807) is 54.6 Å². The van der Waals surface area contributed by atoms with Crippen LogP contribution in [0.5, 0.6) is 0 Å². The van der Waals surface area contributed by atoms with Crippen molar-refractivity contribution in [2.24, 2.45) is 10.2 Å². The number of rotatable bonds is 21. The Labute approximate surface area is 289 Å². The van der Waals surface area contributed by atoms with Gasteiger partial charge in [-0.1, -0.05) is 48.1 Å². The minimum Gasteiger partial charge on any atom is -0.382 e. The molecule has 0 bridgehead atoms. The number of carbonyl (C=O) groups is 1. The fraction of sp³-hybridized carbons (Fsp3) is 0.378. The van der Waals surface area contributed by atoms with Crippen LogP contribution in [0.1, 0.15) is 21.5 Å². The number of ether oxygens (including phenoxy) is 5. The molecule has 0 aliphatic carbocycles. The van der Waals surface area contributed by atoms with Gasteiger partial charge in [0, 0.05) is 11.1 Å². The number of terminal acetylenes is 1. The largest absolute Gasteiger partial charge is 0.416 e. The number of azo groups is 1. The molecule has 2 atom stereocenters. The molecule has 0 heterocycles. The Hall–Kier alpha value is -4.60. The second-order valence-electron chi connectivity index (χ2n) is 10.5. The molecule has 266 valence electrons. The summed E-state index contributed by atoms with van der Waals surface area (Å²) in [7, 11) is 0. The Morgan fingerprint density at radius 3 is 1.76 bits per heavy atom. The summed E-state index contributed by atoms with van der Waals surface area (Å²) in [5.74, 6) is 7.56. The van der Waals surface area contributed by atoms with Crippen LogP contribution in [-0.4, -0.2) is 95.4 Å². The molecule has 1 amide bonds. The Morgan fingerprint density at radius 1 is 0.740 bits per heavy atom. The molecule has 13 heteroatoms.